The van der Waals surface area contributed by atoms with Crippen molar-refractivity contribution in [3.63, 3.8) is 0 Å². The molecule has 0 aromatic rings. The lowest BCUT2D eigenvalue weighted by molar-refractivity contribution is -0.126. The fourth-order valence-corrected chi connectivity index (χ4v) is 1.82. The van der Waals surface area contributed by atoms with E-state index in [1.165, 1.54) is 0 Å². The van der Waals surface area contributed by atoms with Gasteiger partial charge in [0.05, 0.1) is 0 Å². The topological polar surface area (TPSA) is 55.1 Å². The Hall–Kier alpha value is -0.570. The van der Waals surface area contributed by atoms with Crippen LogP contribution in [-0.4, -0.2) is 18.5 Å². The van der Waals surface area contributed by atoms with E-state index in [4.69, 9.17) is 5.73 Å². The molecular weight excluding hydrogens is 164 g/mol. The van der Waals surface area contributed by atoms with Crippen LogP contribution in [0.25, 0.3) is 0 Å². The molecule has 0 unspecified atom stereocenters. The molecule has 0 aromatic heterocycles. The summed E-state index contributed by atoms with van der Waals surface area (Å²) >= 11 is 0. The van der Waals surface area contributed by atoms with Crippen molar-refractivity contribution in [3.8, 4) is 0 Å². The van der Waals surface area contributed by atoms with Crippen LogP contribution in [0.15, 0.2) is 0 Å². The largest absolute Gasteiger partial charge is 0.355 e. The Labute approximate surface area is 79.1 Å². The first-order chi connectivity index (χ1) is 6.10. The SMILES string of the molecule is CC1(C(=O)NCC2CC(N)C2)CC1. The normalized spacial score (nSPS) is 34.9. The van der Waals surface area contributed by atoms with Gasteiger partial charge in [-0.2, -0.15) is 0 Å². The van der Waals surface area contributed by atoms with E-state index in [0.717, 1.165) is 32.2 Å². The van der Waals surface area contributed by atoms with Crippen molar-refractivity contribution in [2.24, 2.45) is 17.1 Å². The van der Waals surface area contributed by atoms with E-state index in [0.29, 0.717) is 12.0 Å². The van der Waals surface area contributed by atoms with Gasteiger partial charge in [-0.05, 0) is 31.6 Å². The quantitative estimate of drug-likeness (QED) is 0.673. The van der Waals surface area contributed by atoms with Gasteiger partial charge in [0.1, 0.15) is 0 Å². The molecule has 3 nitrogen and oxygen atoms in total. The highest BCUT2D eigenvalue weighted by Gasteiger charge is 2.44. The molecule has 0 aliphatic heterocycles. The number of hydrogen-bond acceptors (Lipinski definition) is 2. The van der Waals surface area contributed by atoms with E-state index >= 15 is 0 Å². The van der Waals surface area contributed by atoms with Gasteiger partial charge in [-0.1, -0.05) is 6.92 Å². The molecule has 0 aromatic carbocycles. The molecule has 0 spiro atoms. The molecule has 2 aliphatic carbocycles. The van der Waals surface area contributed by atoms with Crippen molar-refractivity contribution in [2.75, 3.05) is 6.54 Å². The molecule has 1 amide bonds. The maximum absolute atomic E-state index is 11.5. The highest BCUT2D eigenvalue weighted by atomic mass is 16.2. The number of nitrogens with two attached hydrogens (primary N) is 1. The minimum absolute atomic E-state index is 0.0220. The summed E-state index contributed by atoms with van der Waals surface area (Å²) in [6.07, 6.45) is 4.28. The second-order valence-corrected chi connectivity index (χ2v) is 4.87. The molecule has 2 saturated carbocycles. The average Bonchev–Trinajstić information content (AvgIpc) is 2.76. The third-order valence-corrected chi connectivity index (χ3v) is 3.37. The Balaban J connectivity index is 1.65. The van der Waals surface area contributed by atoms with Gasteiger partial charge in [0, 0.05) is 18.0 Å². The molecule has 0 heterocycles. The molecule has 2 aliphatic rings. The predicted octanol–water partition coefficient (Wildman–Crippen LogP) is 0.640. The lowest BCUT2D eigenvalue weighted by atomic mass is 9.81. The summed E-state index contributed by atoms with van der Waals surface area (Å²) in [5.74, 6) is 0.884. The maximum atomic E-state index is 11.5. The first kappa shape index (κ1) is 9.00. The van der Waals surface area contributed by atoms with Gasteiger partial charge in [0.25, 0.3) is 0 Å². The number of nitrogens with one attached hydrogen (secondary N) is 1. The highest BCUT2D eigenvalue weighted by Crippen LogP contribution is 2.45. The smallest absolute Gasteiger partial charge is 0.225 e. The first-order valence-electron chi connectivity index (χ1n) is 5.14. The Morgan fingerprint density at radius 3 is 2.62 bits per heavy atom. The number of rotatable bonds is 3. The minimum atomic E-state index is -0.0220. The number of carbonyl (C=O) groups excluding carboxylic acids is 1. The molecule has 0 bridgehead atoms. The van der Waals surface area contributed by atoms with Crippen LogP contribution >= 0.6 is 0 Å². The second kappa shape index (κ2) is 2.98. The van der Waals surface area contributed by atoms with Crippen LogP contribution in [0.2, 0.25) is 0 Å². The van der Waals surface area contributed by atoms with Crippen molar-refractivity contribution in [1.82, 2.24) is 5.32 Å². The summed E-state index contributed by atoms with van der Waals surface area (Å²) in [6, 6.07) is 0.387. The standard InChI is InChI=1S/C10H18N2O/c1-10(2-3-10)9(13)12-6-7-4-8(11)5-7/h7-8H,2-6,11H2,1H3,(H,12,13). The Morgan fingerprint density at radius 2 is 2.15 bits per heavy atom. The Bertz CT molecular complexity index is 217. The summed E-state index contributed by atoms with van der Waals surface area (Å²) in [6.45, 7) is 2.87. The molecule has 0 radical (unpaired) electrons. The number of hydrogen-bond donors (Lipinski definition) is 2. The zero-order valence-electron chi connectivity index (χ0n) is 8.18. The van der Waals surface area contributed by atoms with E-state index in [1.54, 1.807) is 0 Å². The monoisotopic (exact) mass is 182 g/mol. The summed E-state index contributed by atoms with van der Waals surface area (Å²) in [4.78, 5) is 11.5. The van der Waals surface area contributed by atoms with Crippen molar-refractivity contribution in [2.45, 2.75) is 38.6 Å². The van der Waals surface area contributed by atoms with E-state index in [2.05, 4.69) is 5.32 Å². The van der Waals surface area contributed by atoms with Gasteiger partial charge in [-0.15, -0.1) is 0 Å². The Kier molecular flexibility index (Phi) is 2.06. The molecule has 2 fully saturated rings. The summed E-state index contributed by atoms with van der Waals surface area (Å²) in [7, 11) is 0. The first-order valence-corrected chi connectivity index (χ1v) is 5.14. The van der Waals surface area contributed by atoms with E-state index in [-0.39, 0.29) is 11.3 Å². The third-order valence-electron chi connectivity index (χ3n) is 3.37. The van der Waals surface area contributed by atoms with Gasteiger partial charge in [0.2, 0.25) is 5.91 Å². The van der Waals surface area contributed by atoms with E-state index < -0.39 is 0 Å². The van der Waals surface area contributed by atoms with Crippen LogP contribution in [0.4, 0.5) is 0 Å². The molecule has 74 valence electrons. The summed E-state index contributed by atoms with van der Waals surface area (Å²) in [5, 5.41) is 3.01. The molecule has 0 saturated heterocycles. The van der Waals surface area contributed by atoms with Gasteiger partial charge < -0.3 is 11.1 Å². The van der Waals surface area contributed by atoms with Crippen molar-refractivity contribution < 1.29 is 4.79 Å². The fraction of sp³-hybridized carbons (Fsp3) is 0.900. The molecule has 13 heavy (non-hydrogen) atoms. The van der Waals surface area contributed by atoms with Crippen molar-refractivity contribution >= 4 is 5.91 Å². The molecule has 2 rings (SSSR count). The van der Waals surface area contributed by atoms with Crippen LogP contribution in [0.5, 0.6) is 0 Å². The zero-order valence-corrected chi connectivity index (χ0v) is 8.18. The zero-order chi connectivity index (χ0) is 9.47. The van der Waals surface area contributed by atoms with Gasteiger partial charge >= 0.3 is 0 Å². The van der Waals surface area contributed by atoms with Crippen LogP contribution in [0.3, 0.4) is 0 Å². The number of amides is 1. The van der Waals surface area contributed by atoms with Crippen molar-refractivity contribution in [1.29, 1.82) is 0 Å². The second-order valence-electron chi connectivity index (χ2n) is 4.87. The van der Waals surface area contributed by atoms with Crippen LogP contribution in [0, 0.1) is 11.3 Å². The molecule has 3 N–H and O–H groups in total. The van der Waals surface area contributed by atoms with Gasteiger partial charge in [-0.3, -0.25) is 4.79 Å². The number of carbonyl (C=O) groups is 1. The van der Waals surface area contributed by atoms with Crippen LogP contribution < -0.4 is 11.1 Å². The maximum Gasteiger partial charge on any atom is 0.225 e. The fourth-order valence-electron chi connectivity index (χ4n) is 1.82. The van der Waals surface area contributed by atoms with Crippen LogP contribution in [0.1, 0.15) is 32.6 Å². The van der Waals surface area contributed by atoms with Crippen molar-refractivity contribution in [3.05, 3.63) is 0 Å². The third kappa shape index (κ3) is 1.85. The van der Waals surface area contributed by atoms with Gasteiger partial charge in [0.15, 0.2) is 0 Å². The summed E-state index contributed by atoms with van der Waals surface area (Å²) in [5.41, 5.74) is 5.64. The lowest BCUT2D eigenvalue weighted by Crippen LogP contribution is -2.43. The summed E-state index contributed by atoms with van der Waals surface area (Å²) < 4.78 is 0. The lowest BCUT2D eigenvalue weighted by Gasteiger charge is -2.32. The average molecular weight is 182 g/mol. The van der Waals surface area contributed by atoms with Crippen LogP contribution in [-0.2, 0) is 4.79 Å². The van der Waals surface area contributed by atoms with Gasteiger partial charge in [-0.25, -0.2) is 0 Å². The Morgan fingerprint density at radius 1 is 1.54 bits per heavy atom. The van der Waals surface area contributed by atoms with E-state index in [1.807, 2.05) is 6.92 Å². The molecular formula is C10H18N2O. The molecule has 0 atom stereocenters. The highest BCUT2D eigenvalue weighted by molar-refractivity contribution is 5.84. The predicted molar refractivity (Wildman–Crippen MR) is 51.1 cm³/mol. The minimum Gasteiger partial charge on any atom is -0.355 e. The molecule has 3 heteroatoms. The van der Waals surface area contributed by atoms with E-state index in [9.17, 15) is 4.79 Å².